The van der Waals surface area contributed by atoms with Gasteiger partial charge < -0.3 is 9.88 Å². The first-order chi connectivity index (χ1) is 15.6. The first kappa shape index (κ1) is 23.4. The van der Waals surface area contributed by atoms with Crippen molar-refractivity contribution < 1.29 is 12.8 Å². The van der Waals surface area contributed by atoms with Crippen molar-refractivity contribution in [1.29, 1.82) is 0 Å². The third-order valence-corrected chi connectivity index (χ3v) is 8.22. The minimum atomic E-state index is -3.62. The highest BCUT2D eigenvalue weighted by Gasteiger charge is 2.27. The summed E-state index contributed by atoms with van der Waals surface area (Å²) in [4.78, 5) is 4.69. The van der Waals surface area contributed by atoms with Crippen LogP contribution in [-0.4, -0.2) is 24.0 Å². The Morgan fingerprint density at radius 1 is 1.15 bits per heavy atom. The summed E-state index contributed by atoms with van der Waals surface area (Å²) in [6.45, 7) is 8.14. The molecule has 1 aliphatic rings. The van der Waals surface area contributed by atoms with E-state index in [0.717, 1.165) is 48.3 Å². The average molecular weight is 471 g/mol. The van der Waals surface area contributed by atoms with Crippen LogP contribution in [0.25, 0.3) is 11.0 Å². The summed E-state index contributed by atoms with van der Waals surface area (Å²) < 4.78 is 43.9. The zero-order chi connectivity index (χ0) is 23.8. The summed E-state index contributed by atoms with van der Waals surface area (Å²) in [5.74, 6) is 0.871. The number of hydrogen-bond acceptors (Lipinski definition) is 4. The molecule has 0 saturated heterocycles. The van der Waals surface area contributed by atoms with Crippen molar-refractivity contribution in [1.82, 2.24) is 19.6 Å². The quantitative estimate of drug-likeness (QED) is 0.524. The minimum Gasteiger partial charge on any atom is -0.382 e. The van der Waals surface area contributed by atoms with Gasteiger partial charge in [-0.1, -0.05) is 18.7 Å². The number of nitrogens with zero attached hydrogens (tertiary/aromatic N) is 2. The van der Waals surface area contributed by atoms with E-state index < -0.39 is 10.0 Å². The molecule has 176 valence electrons. The van der Waals surface area contributed by atoms with E-state index in [4.69, 9.17) is 0 Å². The van der Waals surface area contributed by atoms with E-state index in [-0.39, 0.29) is 28.7 Å². The van der Waals surface area contributed by atoms with Crippen LogP contribution < -0.4 is 10.0 Å². The summed E-state index contributed by atoms with van der Waals surface area (Å²) in [6, 6.07) is 11.5. The van der Waals surface area contributed by atoms with Gasteiger partial charge in [-0.05, 0) is 81.3 Å². The molecular weight excluding hydrogens is 439 g/mol. The monoisotopic (exact) mass is 470 g/mol. The topological polar surface area (TPSA) is 76.0 Å². The Kier molecular flexibility index (Phi) is 6.59. The van der Waals surface area contributed by atoms with Gasteiger partial charge in [-0.15, -0.1) is 0 Å². The van der Waals surface area contributed by atoms with Crippen LogP contribution in [0, 0.1) is 18.7 Å². The van der Waals surface area contributed by atoms with E-state index in [1.54, 1.807) is 30.3 Å². The molecule has 1 aromatic heterocycles. The number of aryl methyl sites for hydroxylation is 2. The molecule has 4 rings (SSSR count). The second-order valence-corrected chi connectivity index (χ2v) is 10.7. The zero-order valence-electron chi connectivity index (χ0n) is 19.3. The fourth-order valence-corrected chi connectivity index (χ4v) is 5.87. The van der Waals surface area contributed by atoms with Crippen molar-refractivity contribution >= 4 is 21.1 Å². The van der Waals surface area contributed by atoms with Crippen molar-refractivity contribution in [2.75, 3.05) is 0 Å². The summed E-state index contributed by atoms with van der Waals surface area (Å²) >= 11 is 0. The molecule has 0 spiro atoms. The molecule has 0 bridgehead atoms. The maximum atomic E-state index is 13.2. The average Bonchev–Trinajstić information content (AvgIpc) is 3.07. The molecule has 33 heavy (non-hydrogen) atoms. The van der Waals surface area contributed by atoms with Crippen LogP contribution >= 0.6 is 0 Å². The van der Waals surface area contributed by atoms with E-state index >= 15 is 0 Å². The van der Waals surface area contributed by atoms with Gasteiger partial charge in [-0.3, -0.25) is 0 Å². The van der Waals surface area contributed by atoms with Gasteiger partial charge in [-0.2, -0.15) is 0 Å². The Labute approximate surface area is 195 Å². The van der Waals surface area contributed by atoms with Crippen LogP contribution in [0.2, 0.25) is 0 Å². The molecule has 0 radical (unpaired) electrons. The van der Waals surface area contributed by atoms with Gasteiger partial charge in [0.1, 0.15) is 11.6 Å². The summed E-state index contributed by atoms with van der Waals surface area (Å²) in [5, 5.41) is 3.43. The van der Waals surface area contributed by atoms with E-state index in [9.17, 15) is 12.8 Å². The maximum absolute atomic E-state index is 13.2. The SMILES string of the molecule is C=C(N[C@H](C)c1ccc(F)cc1)C1CCC(NS(=O)(=O)c2ccc3c(c2)nc(C)n3C)CC1. The molecule has 0 aliphatic heterocycles. The lowest BCUT2D eigenvalue weighted by Crippen LogP contribution is -2.38. The van der Waals surface area contributed by atoms with Crippen LogP contribution in [-0.2, 0) is 17.1 Å². The molecule has 1 heterocycles. The normalized spacial score (nSPS) is 20.0. The molecule has 2 N–H and O–H groups in total. The summed E-state index contributed by atoms with van der Waals surface area (Å²) in [5.41, 5.74) is 3.54. The highest BCUT2D eigenvalue weighted by molar-refractivity contribution is 7.89. The fraction of sp³-hybridized carbons (Fsp3) is 0.400. The zero-order valence-corrected chi connectivity index (χ0v) is 20.1. The maximum Gasteiger partial charge on any atom is 0.240 e. The lowest BCUT2D eigenvalue weighted by atomic mass is 9.84. The number of sulfonamides is 1. The third-order valence-electron chi connectivity index (χ3n) is 6.70. The van der Waals surface area contributed by atoms with Gasteiger partial charge in [0.15, 0.2) is 0 Å². The number of halogens is 1. The number of benzene rings is 2. The molecule has 8 heteroatoms. The Bertz CT molecular complexity index is 1260. The van der Waals surface area contributed by atoms with Crippen LogP contribution in [0.4, 0.5) is 4.39 Å². The first-order valence-corrected chi connectivity index (χ1v) is 12.8. The standard InChI is InChI=1S/C25H31FN4O2S/c1-16(19-5-9-21(26)10-6-19)27-17(2)20-7-11-22(12-8-20)29-33(31,32)23-13-14-25-24(15-23)28-18(3)30(25)4/h5-6,9-10,13-16,20,22,27,29H,2,7-8,11-12H2,1,3-4H3/t16-,20?,22?/m1/s1. The third kappa shape index (κ3) is 5.12. The van der Waals surface area contributed by atoms with Gasteiger partial charge in [0.05, 0.1) is 15.9 Å². The summed E-state index contributed by atoms with van der Waals surface area (Å²) in [7, 11) is -1.70. The lowest BCUT2D eigenvalue weighted by Gasteiger charge is -2.31. The predicted octanol–water partition coefficient (Wildman–Crippen LogP) is 4.72. The molecule has 1 aliphatic carbocycles. The summed E-state index contributed by atoms with van der Waals surface area (Å²) in [6.07, 6.45) is 3.21. The molecule has 0 amide bonds. The van der Waals surface area contributed by atoms with Crippen LogP contribution in [0.1, 0.15) is 50.0 Å². The van der Waals surface area contributed by atoms with Crippen molar-refractivity contribution in [3.63, 3.8) is 0 Å². The van der Waals surface area contributed by atoms with Crippen molar-refractivity contribution in [2.24, 2.45) is 13.0 Å². The molecule has 2 aromatic carbocycles. The van der Waals surface area contributed by atoms with Crippen molar-refractivity contribution in [3.8, 4) is 0 Å². The Morgan fingerprint density at radius 3 is 2.48 bits per heavy atom. The first-order valence-electron chi connectivity index (χ1n) is 11.3. The fourth-order valence-electron chi connectivity index (χ4n) is 4.55. The van der Waals surface area contributed by atoms with E-state index in [2.05, 4.69) is 21.6 Å². The van der Waals surface area contributed by atoms with Gasteiger partial charge >= 0.3 is 0 Å². The molecule has 1 saturated carbocycles. The van der Waals surface area contributed by atoms with E-state index in [1.807, 2.05) is 25.5 Å². The largest absolute Gasteiger partial charge is 0.382 e. The highest BCUT2D eigenvalue weighted by atomic mass is 32.2. The molecular formula is C25H31FN4O2S. The van der Waals surface area contributed by atoms with Gasteiger partial charge in [-0.25, -0.2) is 22.5 Å². The smallest absolute Gasteiger partial charge is 0.240 e. The van der Waals surface area contributed by atoms with Crippen molar-refractivity contribution in [2.45, 2.75) is 56.5 Å². The van der Waals surface area contributed by atoms with Gasteiger partial charge in [0.2, 0.25) is 10.0 Å². The molecule has 0 unspecified atom stereocenters. The van der Waals surface area contributed by atoms with E-state index in [1.165, 1.54) is 12.1 Å². The Morgan fingerprint density at radius 2 is 1.82 bits per heavy atom. The highest BCUT2D eigenvalue weighted by Crippen LogP contribution is 2.30. The van der Waals surface area contributed by atoms with Crippen LogP contribution in [0.5, 0.6) is 0 Å². The number of hydrogen-bond donors (Lipinski definition) is 2. The Balaban J connectivity index is 1.33. The number of rotatable bonds is 7. The number of imidazole rings is 1. The van der Waals surface area contributed by atoms with Gasteiger partial charge in [0.25, 0.3) is 0 Å². The second kappa shape index (κ2) is 9.27. The molecule has 1 atom stereocenters. The number of nitrogens with one attached hydrogen (secondary N) is 2. The molecule has 3 aromatic rings. The second-order valence-electron chi connectivity index (χ2n) is 8.98. The van der Waals surface area contributed by atoms with Crippen molar-refractivity contribution in [3.05, 3.63) is 71.9 Å². The number of fused-ring (bicyclic) bond motifs is 1. The Hall–Kier alpha value is -2.71. The van der Waals surface area contributed by atoms with E-state index in [0.29, 0.717) is 5.52 Å². The predicted molar refractivity (Wildman–Crippen MR) is 129 cm³/mol. The van der Waals surface area contributed by atoms with Crippen LogP contribution in [0.3, 0.4) is 0 Å². The minimum absolute atomic E-state index is 0.0273. The molecule has 6 nitrogen and oxygen atoms in total. The molecule has 1 fully saturated rings. The lowest BCUT2D eigenvalue weighted by molar-refractivity contribution is 0.331. The van der Waals surface area contributed by atoms with Gasteiger partial charge in [0, 0.05) is 24.8 Å². The number of aromatic nitrogens is 2. The number of allylic oxidation sites excluding steroid dienone is 1. The van der Waals surface area contributed by atoms with Crippen LogP contribution in [0.15, 0.2) is 59.6 Å².